The molecule has 1 aromatic rings. The summed E-state index contributed by atoms with van der Waals surface area (Å²) in [6.45, 7) is 0. The lowest BCUT2D eigenvalue weighted by molar-refractivity contribution is 0.402. The van der Waals surface area contributed by atoms with Crippen molar-refractivity contribution in [3.63, 3.8) is 0 Å². The van der Waals surface area contributed by atoms with Gasteiger partial charge in [-0.05, 0) is 54.9 Å². The Hall–Kier alpha value is -1.11. The molecule has 2 aliphatic rings. The standard InChI is InChI=1S/C18H28N2O3S/c1-23-18-10-7-13(16-9-8-14(19)11-17(16)18)12-24(21,22)20-15-5-3-2-4-6-15/h7,10,14-15,20H,2-6,8-9,11-12,19H2,1H3/t14-/m0/s1. The van der Waals surface area contributed by atoms with E-state index >= 15 is 0 Å². The van der Waals surface area contributed by atoms with Crippen LogP contribution in [0.3, 0.4) is 0 Å². The minimum atomic E-state index is -3.32. The molecule has 0 radical (unpaired) electrons. The van der Waals surface area contributed by atoms with Gasteiger partial charge in [0.15, 0.2) is 0 Å². The second-order valence-corrected chi connectivity index (χ2v) is 8.85. The zero-order valence-corrected chi connectivity index (χ0v) is 15.2. The summed E-state index contributed by atoms with van der Waals surface area (Å²) in [5.41, 5.74) is 9.18. The van der Waals surface area contributed by atoms with Crippen LogP contribution in [0.5, 0.6) is 5.75 Å². The van der Waals surface area contributed by atoms with Crippen molar-refractivity contribution in [3.8, 4) is 5.75 Å². The molecule has 2 aliphatic carbocycles. The molecule has 0 bridgehead atoms. The van der Waals surface area contributed by atoms with Crippen molar-refractivity contribution in [3.05, 3.63) is 28.8 Å². The molecule has 0 heterocycles. The van der Waals surface area contributed by atoms with Crippen LogP contribution in [0.1, 0.15) is 55.2 Å². The summed E-state index contributed by atoms with van der Waals surface area (Å²) in [6, 6.07) is 4.00. The summed E-state index contributed by atoms with van der Waals surface area (Å²) in [6.07, 6.45) is 7.81. The number of ether oxygens (including phenoxy) is 1. The molecule has 6 heteroatoms. The van der Waals surface area contributed by atoms with Crippen LogP contribution in [-0.2, 0) is 28.6 Å². The number of hydrogen-bond donors (Lipinski definition) is 2. The predicted octanol–water partition coefficient (Wildman–Crippen LogP) is 2.26. The molecule has 0 saturated heterocycles. The maximum Gasteiger partial charge on any atom is 0.216 e. The van der Waals surface area contributed by atoms with E-state index in [0.29, 0.717) is 0 Å². The lowest BCUT2D eigenvalue weighted by atomic mass is 9.85. The molecule has 1 fully saturated rings. The van der Waals surface area contributed by atoms with Gasteiger partial charge in [-0.15, -0.1) is 0 Å². The number of methoxy groups -OCH3 is 1. The van der Waals surface area contributed by atoms with Crippen molar-refractivity contribution in [2.24, 2.45) is 5.73 Å². The number of hydrogen-bond acceptors (Lipinski definition) is 4. The third-order valence-corrected chi connectivity index (χ3v) is 6.62. The van der Waals surface area contributed by atoms with Gasteiger partial charge in [-0.2, -0.15) is 0 Å². The smallest absolute Gasteiger partial charge is 0.216 e. The minimum absolute atomic E-state index is 0.0467. The average Bonchev–Trinajstić information content (AvgIpc) is 2.55. The highest BCUT2D eigenvalue weighted by Gasteiger charge is 2.26. The van der Waals surface area contributed by atoms with Crippen LogP contribution < -0.4 is 15.2 Å². The van der Waals surface area contributed by atoms with Crippen molar-refractivity contribution >= 4 is 10.0 Å². The lowest BCUT2D eigenvalue weighted by Gasteiger charge is -2.27. The molecular weight excluding hydrogens is 324 g/mol. The Morgan fingerprint density at radius 3 is 2.62 bits per heavy atom. The van der Waals surface area contributed by atoms with E-state index in [9.17, 15) is 8.42 Å². The van der Waals surface area contributed by atoms with E-state index in [0.717, 1.165) is 67.4 Å². The van der Waals surface area contributed by atoms with Crippen LogP contribution in [0.4, 0.5) is 0 Å². The molecule has 1 aromatic carbocycles. The molecule has 1 atom stereocenters. The van der Waals surface area contributed by atoms with Gasteiger partial charge in [0.25, 0.3) is 0 Å². The van der Waals surface area contributed by atoms with Crippen molar-refractivity contribution in [1.82, 2.24) is 4.72 Å². The first-order valence-electron chi connectivity index (χ1n) is 8.91. The van der Waals surface area contributed by atoms with Gasteiger partial charge < -0.3 is 10.5 Å². The number of fused-ring (bicyclic) bond motifs is 1. The van der Waals surface area contributed by atoms with E-state index in [-0.39, 0.29) is 17.8 Å². The summed E-state index contributed by atoms with van der Waals surface area (Å²) >= 11 is 0. The number of rotatable bonds is 5. The predicted molar refractivity (Wildman–Crippen MR) is 95.6 cm³/mol. The second-order valence-electron chi connectivity index (χ2n) is 7.10. The zero-order valence-electron chi connectivity index (χ0n) is 14.4. The molecule has 3 rings (SSSR count). The molecule has 134 valence electrons. The fraction of sp³-hybridized carbons (Fsp3) is 0.667. The summed E-state index contributed by atoms with van der Waals surface area (Å²) in [4.78, 5) is 0. The quantitative estimate of drug-likeness (QED) is 0.852. The highest BCUT2D eigenvalue weighted by molar-refractivity contribution is 7.88. The largest absolute Gasteiger partial charge is 0.496 e. The highest BCUT2D eigenvalue weighted by Crippen LogP contribution is 2.32. The van der Waals surface area contributed by atoms with Crippen LogP contribution >= 0.6 is 0 Å². The van der Waals surface area contributed by atoms with E-state index in [1.54, 1.807) is 7.11 Å². The van der Waals surface area contributed by atoms with Gasteiger partial charge in [0.1, 0.15) is 5.75 Å². The summed E-state index contributed by atoms with van der Waals surface area (Å²) < 4.78 is 33.6. The fourth-order valence-corrected chi connectivity index (χ4v) is 5.50. The van der Waals surface area contributed by atoms with Crippen LogP contribution in [0.15, 0.2) is 12.1 Å². The first kappa shape index (κ1) is 17.7. The van der Waals surface area contributed by atoms with E-state index in [4.69, 9.17) is 10.5 Å². The fourth-order valence-electron chi connectivity index (χ4n) is 4.00. The van der Waals surface area contributed by atoms with Crippen molar-refractivity contribution in [2.45, 2.75) is 69.2 Å². The van der Waals surface area contributed by atoms with Crippen LogP contribution in [0.2, 0.25) is 0 Å². The molecule has 0 spiro atoms. The topological polar surface area (TPSA) is 81.4 Å². The maximum absolute atomic E-state index is 12.6. The van der Waals surface area contributed by atoms with Crippen LogP contribution in [-0.4, -0.2) is 27.6 Å². The molecular formula is C18H28N2O3S. The number of nitrogens with two attached hydrogens (primary N) is 1. The molecule has 24 heavy (non-hydrogen) atoms. The summed E-state index contributed by atoms with van der Waals surface area (Å²) in [5.74, 6) is 0.868. The van der Waals surface area contributed by atoms with E-state index in [1.165, 1.54) is 6.42 Å². The molecule has 1 saturated carbocycles. The lowest BCUT2D eigenvalue weighted by Crippen LogP contribution is -2.37. The third kappa shape index (κ3) is 4.10. The van der Waals surface area contributed by atoms with Gasteiger partial charge in [-0.25, -0.2) is 13.1 Å². The monoisotopic (exact) mass is 352 g/mol. The molecule has 0 aliphatic heterocycles. The molecule has 5 nitrogen and oxygen atoms in total. The van der Waals surface area contributed by atoms with Crippen molar-refractivity contribution < 1.29 is 13.2 Å². The SMILES string of the molecule is COc1ccc(CS(=O)(=O)NC2CCCCC2)c2c1C[C@@H](N)CC2. The van der Waals surface area contributed by atoms with Gasteiger partial charge in [0, 0.05) is 12.1 Å². The van der Waals surface area contributed by atoms with Crippen molar-refractivity contribution in [2.75, 3.05) is 7.11 Å². The Balaban J connectivity index is 1.80. The van der Waals surface area contributed by atoms with Crippen molar-refractivity contribution in [1.29, 1.82) is 0 Å². The van der Waals surface area contributed by atoms with Crippen LogP contribution in [0.25, 0.3) is 0 Å². The second kappa shape index (κ2) is 7.42. The summed E-state index contributed by atoms with van der Waals surface area (Å²) in [5, 5.41) is 0. The van der Waals surface area contributed by atoms with E-state index < -0.39 is 10.0 Å². The maximum atomic E-state index is 12.6. The van der Waals surface area contributed by atoms with Gasteiger partial charge >= 0.3 is 0 Å². The van der Waals surface area contributed by atoms with E-state index in [2.05, 4.69) is 4.72 Å². The third-order valence-electron chi connectivity index (χ3n) is 5.23. The molecule has 0 amide bonds. The zero-order chi connectivity index (χ0) is 17.2. The Morgan fingerprint density at radius 1 is 1.17 bits per heavy atom. The highest BCUT2D eigenvalue weighted by atomic mass is 32.2. The van der Waals surface area contributed by atoms with Gasteiger partial charge in [0.05, 0.1) is 12.9 Å². The minimum Gasteiger partial charge on any atom is -0.496 e. The number of sulfonamides is 1. The van der Waals surface area contributed by atoms with Gasteiger partial charge in [-0.1, -0.05) is 25.3 Å². The normalized spacial score (nSPS) is 22.2. The van der Waals surface area contributed by atoms with Gasteiger partial charge in [-0.3, -0.25) is 0 Å². The molecule has 0 aromatic heterocycles. The Bertz CT molecular complexity index is 682. The molecule has 3 N–H and O–H groups in total. The Kier molecular flexibility index (Phi) is 5.47. The summed E-state index contributed by atoms with van der Waals surface area (Å²) in [7, 11) is -1.67. The Morgan fingerprint density at radius 2 is 1.92 bits per heavy atom. The average molecular weight is 353 g/mol. The number of nitrogens with one attached hydrogen (secondary N) is 1. The number of benzene rings is 1. The first-order chi connectivity index (χ1) is 11.5. The Labute approximate surface area is 145 Å². The van der Waals surface area contributed by atoms with E-state index in [1.807, 2.05) is 12.1 Å². The van der Waals surface area contributed by atoms with Crippen LogP contribution in [0, 0.1) is 0 Å². The molecule has 0 unspecified atom stereocenters. The van der Waals surface area contributed by atoms with Gasteiger partial charge in [0.2, 0.25) is 10.0 Å². The first-order valence-corrected chi connectivity index (χ1v) is 10.6.